The predicted molar refractivity (Wildman–Crippen MR) is 106 cm³/mol. The zero-order valence-electron chi connectivity index (χ0n) is 15.6. The van der Waals surface area contributed by atoms with Crippen molar-refractivity contribution in [2.24, 2.45) is 0 Å². The van der Waals surface area contributed by atoms with Crippen LogP contribution in [0.4, 0.5) is 14.5 Å². The molecule has 1 aliphatic carbocycles. The third-order valence-corrected chi connectivity index (χ3v) is 6.26. The lowest BCUT2D eigenvalue weighted by atomic mass is 10.0. The lowest BCUT2D eigenvalue weighted by Crippen LogP contribution is -2.17. The fraction of sp³-hybridized carbons (Fsp3) is 0.286. The first-order chi connectivity index (χ1) is 13.5. The van der Waals surface area contributed by atoms with Crippen molar-refractivity contribution in [3.05, 3.63) is 62.7 Å². The molecule has 7 heteroatoms. The Balaban J connectivity index is 1.68. The largest absolute Gasteiger partial charge is 0.320 e. The monoisotopic (exact) mass is 399 g/mol. The molecule has 0 aromatic carbocycles. The number of nitrogens with one attached hydrogen (secondary N) is 1. The predicted octanol–water partition coefficient (Wildman–Crippen LogP) is 5.10. The maximum atomic E-state index is 13.8. The minimum atomic E-state index is -0.996. The maximum absolute atomic E-state index is 13.8. The van der Waals surface area contributed by atoms with E-state index < -0.39 is 23.1 Å². The Hall–Kier alpha value is -2.67. The van der Waals surface area contributed by atoms with Crippen molar-refractivity contribution in [1.82, 2.24) is 9.97 Å². The second-order valence-electron chi connectivity index (χ2n) is 6.80. The number of anilines is 1. The molecule has 1 amide bonds. The number of amides is 1. The number of rotatable bonds is 4. The van der Waals surface area contributed by atoms with E-state index in [-0.39, 0.29) is 0 Å². The van der Waals surface area contributed by atoms with Crippen LogP contribution in [0.5, 0.6) is 0 Å². The second-order valence-corrected chi connectivity index (χ2v) is 8.11. The zero-order chi connectivity index (χ0) is 19.8. The average molecular weight is 399 g/mol. The summed E-state index contributed by atoms with van der Waals surface area (Å²) in [5.74, 6) is -2.84. The number of aromatic nitrogens is 2. The summed E-state index contributed by atoms with van der Waals surface area (Å²) in [5, 5.41) is 2.59. The molecule has 28 heavy (non-hydrogen) atoms. The smallest absolute Gasteiger partial charge is 0.261 e. The van der Waals surface area contributed by atoms with Crippen molar-refractivity contribution in [3.63, 3.8) is 0 Å². The van der Waals surface area contributed by atoms with Crippen molar-refractivity contribution in [2.45, 2.75) is 39.5 Å². The van der Waals surface area contributed by atoms with Gasteiger partial charge in [-0.15, -0.1) is 11.3 Å². The Kier molecular flexibility index (Phi) is 4.93. The van der Waals surface area contributed by atoms with Crippen LogP contribution < -0.4 is 5.32 Å². The molecule has 0 radical (unpaired) electrons. The number of pyridine rings is 2. The molecule has 0 aliphatic heterocycles. The number of halogens is 2. The van der Waals surface area contributed by atoms with Crippen molar-refractivity contribution >= 4 is 22.9 Å². The van der Waals surface area contributed by atoms with Crippen LogP contribution in [0.3, 0.4) is 0 Å². The number of fused-ring (bicyclic) bond motifs is 1. The summed E-state index contributed by atoms with van der Waals surface area (Å²) in [6, 6.07) is 1.96. The Morgan fingerprint density at radius 1 is 1.21 bits per heavy atom. The molecule has 1 N–H and O–H groups in total. The summed E-state index contributed by atoms with van der Waals surface area (Å²) < 4.78 is 27.7. The SMILES string of the molecule is CCc1cc(-c2c(C)sc3c2CCC3)ncc1NC(=O)c1c(F)cncc1F. The maximum Gasteiger partial charge on any atom is 0.261 e. The van der Waals surface area contributed by atoms with Crippen molar-refractivity contribution < 1.29 is 13.6 Å². The summed E-state index contributed by atoms with van der Waals surface area (Å²) >= 11 is 1.83. The van der Waals surface area contributed by atoms with Gasteiger partial charge in [-0.2, -0.15) is 0 Å². The number of aryl methyl sites for hydroxylation is 3. The van der Waals surface area contributed by atoms with Crippen LogP contribution in [-0.4, -0.2) is 15.9 Å². The Bertz CT molecular complexity index is 1060. The zero-order valence-corrected chi connectivity index (χ0v) is 16.4. The first kappa shape index (κ1) is 18.7. The fourth-order valence-electron chi connectivity index (χ4n) is 3.73. The van der Waals surface area contributed by atoms with Gasteiger partial charge in [-0.3, -0.25) is 14.8 Å². The Morgan fingerprint density at radius 2 is 1.96 bits per heavy atom. The van der Waals surface area contributed by atoms with Gasteiger partial charge in [0, 0.05) is 15.3 Å². The van der Waals surface area contributed by atoms with Crippen molar-refractivity contribution in [3.8, 4) is 11.3 Å². The highest BCUT2D eigenvalue weighted by atomic mass is 32.1. The van der Waals surface area contributed by atoms with E-state index in [2.05, 4.69) is 22.2 Å². The van der Waals surface area contributed by atoms with Gasteiger partial charge in [0.05, 0.1) is 30.0 Å². The van der Waals surface area contributed by atoms with Crippen LogP contribution in [0, 0.1) is 18.6 Å². The summed E-state index contributed by atoms with van der Waals surface area (Å²) in [6.45, 7) is 4.07. The van der Waals surface area contributed by atoms with Crippen molar-refractivity contribution in [1.29, 1.82) is 0 Å². The third-order valence-electron chi connectivity index (χ3n) is 5.05. The summed E-state index contributed by atoms with van der Waals surface area (Å²) in [7, 11) is 0. The number of carbonyl (C=O) groups is 1. The van der Waals surface area contributed by atoms with E-state index in [1.165, 1.54) is 27.3 Å². The molecule has 0 saturated carbocycles. The molecule has 4 nitrogen and oxygen atoms in total. The highest BCUT2D eigenvalue weighted by Crippen LogP contribution is 2.41. The molecule has 0 unspecified atom stereocenters. The number of thiophene rings is 1. The van der Waals surface area contributed by atoms with E-state index in [1.807, 2.05) is 24.3 Å². The van der Waals surface area contributed by atoms with Crippen molar-refractivity contribution in [2.75, 3.05) is 5.32 Å². The molecule has 1 aliphatic rings. The van der Waals surface area contributed by atoms with Gasteiger partial charge in [0.15, 0.2) is 11.6 Å². The van der Waals surface area contributed by atoms with Gasteiger partial charge in [0.25, 0.3) is 5.91 Å². The number of nitrogens with zero attached hydrogens (tertiary/aromatic N) is 2. The van der Waals surface area contributed by atoms with E-state index in [0.717, 1.165) is 36.5 Å². The van der Waals surface area contributed by atoms with Crippen LogP contribution in [0.25, 0.3) is 11.3 Å². The van der Waals surface area contributed by atoms with Crippen LogP contribution in [-0.2, 0) is 19.3 Å². The second kappa shape index (κ2) is 7.39. The molecule has 0 spiro atoms. The average Bonchev–Trinajstić information content (AvgIpc) is 3.22. The summed E-state index contributed by atoms with van der Waals surface area (Å²) in [6.07, 6.45) is 7.22. The lowest BCUT2D eigenvalue weighted by molar-refractivity contribution is 0.101. The summed E-state index contributed by atoms with van der Waals surface area (Å²) in [5.41, 5.74) is 4.13. The molecular weight excluding hydrogens is 380 g/mol. The van der Waals surface area contributed by atoms with E-state index >= 15 is 0 Å². The number of hydrogen-bond acceptors (Lipinski definition) is 4. The van der Waals surface area contributed by atoms with E-state index in [1.54, 1.807) is 6.20 Å². The molecule has 0 saturated heterocycles. The minimum absolute atomic E-state index is 0.455. The molecule has 4 rings (SSSR count). The molecule has 3 aromatic rings. The summed E-state index contributed by atoms with van der Waals surface area (Å²) in [4.78, 5) is 23.0. The van der Waals surface area contributed by atoms with Gasteiger partial charge < -0.3 is 5.32 Å². The van der Waals surface area contributed by atoms with Gasteiger partial charge in [0.1, 0.15) is 5.56 Å². The van der Waals surface area contributed by atoms with Gasteiger partial charge in [-0.25, -0.2) is 8.78 Å². The fourth-order valence-corrected chi connectivity index (χ4v) is 5.00. The first-order valence-corrected chi connectivity index (χ1v) is 10.0. The third kappa shape index (κ3) is 3.20. The van der Waals surface area contributed by atoms with Gasteiger partial charge in [-0.1, -0.05) is 6.92 Å². The van der Waals surface area contributed by atoms with E-state index in [0.29, 0.717) is 12.1 Å². The van der Waals surface area contributed by atoms with Crippen LogP contribution in [0.1, 0.15) is 44.6 Å². The molecule has 3 aromatic heterocycles. The lowest BCUT2D eigenvalue weighted by Gasteiger charge is -2.13. The molecule has 3 heterocycles. The van der Waals surface area contributed by atoms with E-state index in [9.17, 15) is 13.6 Å². The highest BCUT2D eigenvalue weighted by Gasteiger charge is 2.23. The Labute approximate surface area is 165 Å². The van der Waals surface area contributed by atoms with E-state index in [4.69, 9.17) is 0 Å². The van der Waals surface area contributed by atoms with Crippen LogP contribution in [0.15, 0.2) is 24.7 Å². The van der Waals surface area contributed by atoms with Crippen LogP contribution in [0.2, 0.25) is 0 Å². The van der Waals surface area contributed by atoms with Gasteiger partial charge >= 0.3 is 0 Å². The quantitative estimate of drug-likeness (QED) is 0.664. The number of carbonyl (C=O) groups excluding carboxylic acids is 1. The van der Waals surface area contributed by atoms with Crippen LogP contribution >= 0.6 is 11.3 Å². The standard InChI is InChI=1S/C21H19F2N3OS/c1-3-12-7-16(19-11(2)28-18-6-4-5-13(18)19)25-10-17(12)26-21(27)20-14(22)8-24-9-15(20)23/h7-10H,3-6H2,1-2H3,(H,26,27). The molecule has 0 fully saturated rings. The molecule has 144 valence electrons. The van der Waals surface area contributed by atoms with Gasteiger partial charge in [0.2, 0.25) is 0 Å². The highest BCUT2D eigenvalue weighted by molar-refractivity contribution is 7.12. The van der Waals surface area contributed by atoms with Gasteiger partial charge in [-0.05, 0) is 49.8 Å². The molecule has 0 atom stereocenters. The molecule has 0 bridgehead atoms. The normalized spacial score (nSPS) is 12.9. The Morgan fingerprint density at radius 3 is 2.68 bits per heavy atom. The molecular formula is C21H19F2N3OS. The number of hydrogen-bond donors (Lipinski definition) is 1. The topological polar surface area (TPSA) is 54.9 Å². The first-order valence-electron chi connectivity index (χ1n) is 9.20. The minimum Gasteiger partial charge on any atom is -0.320 e.